The normalized spacial score (nSPS) is 26.0. The lowest BCUT2D eigenvalue weighted by Crippen LogP contribution is -2.21. The summed E-state index contributed by atoms with van der Waals surface area (Å²) in [5.74, 6) is 1.10. The van der Waals surface area contributed by atoms with E-state index in [0.29, 0.717) is 0 Å². The van der Waals surface area contributed by atoms with Crippen LogP contribution in [-0.2, 0) is 4.74 Å². The van der Waals surface area contributed by atoms with Crippen molar-refractivity contribution in [2.45, 2.75) is 12.1 Å². The molecule has 0 aromatic heterocycles. The van der Waals surface area contributed by atoms with Crippen molar-refractivity contribution in [2.75, 3.05) is 7.05 Å². The fraction of sp³-hybridized carbons (Fsp3) is 0.250. The highest BCUT2D eigenvalue weighted by molar-refractivity contribution is 5.36. The van der Waals surface area contributed by atoms with E-state index >= 15 is 0 Å². The summed E-state index contributed by atoms with van der Waals surface area (Å²) in [5, 5.41) is 3.25. The highest BCUT2D eigenvalue weighted by Crippen LogP contribution is 2.38. The van der Waals surface area contributed by atoms with Crippen LogP contribution in [-0.4, -0.2) is 13.2 Å². The number of benzene rings is 1. The number of hydrogen-bond donors (Lipinski definition) is 2. The maximum Gasteiger partial charge on any atom is 0.138 e. The Morgan fingerprint density at radius 1 is 1.16 bits per heavy atom. The summed E-state index contributed by atoms with van der Waals surface area (Å²) in [7, 11) is 1.92. The lowest BCUT2D eigenvalue weighted by Gasteiger charge is -2.17. The number of rotatable bonds is 3. The van der Waals surface area contributed by atoms with E-state index in [0.717, 1.165) is 17.0 Å². The van der Waals surface area contributed by atoms with Gasteiger partial charge < -0.3 is 15.8 Å². The van der Waals surface area contributed by atoms with Crippen LogP contribution in [0.3, 0.4) is 0 Å². The van der Waals surface area contributed by atoms with Crippen molar-refractivity contribution >= 4 is 0 Å². The van der Waals surface area contributed by atoms with Gasteiger partial charge in [0, 0.05) is 7.05 Å². The van der Waals surface area contributed by atoms with Crippen LogP contribution in [0.5, 0.6) is 0 Å². The summed E-state index contributed by atoms with van der Waals surface area (Å²) >= 11 is 0. The van der Waals surface area contributed by atoms with Gasteiger partial charge in [-0.05, 0) is 11.6 Å². The first-order valence-electron chi connectivity index (χ1n) is 6.55. The molecule has 3 heteroatoms. The second kappa shape index (κ2) is 4.94. The van der Waals surface area contributed by atoms with Gasteiger partial charge in [0.05, 0.1) is 17.7 Å². The predicted octanol–water partition coefficient (Wildman–Crippen LogP) is 2.26. The Bertz CT molecular complexity index is 545. The molecular weight excluding hydrogens is 236 g/mol. The Kier molecular flexibility index (Phi) is 3.13. The summed E-state index contributed by atoms with van der Waals surface area (Å²) in [6, 6.07) is 9.82. The molecule has 2 aliphatic rings. The second-order valence-corrected chi connectivity index (χ2v) is 4.79. The van der Waals surface area contributed by atoms with Gasteiger partial charge in [-0.25, -0.2) is 0 Å². The fourth-order valence-electron chi connectivity index (χ4n) is 2.68. The van der Waals surface area contributed by atoms with Crippen LogP contribution in [0.25, 0.3) is 0 Å². The van der Waals surface area contributed by atoms with E-state index < -0.39 is 0 Å². The van der Waals surface area contributed by atoms with Crippen LogP contribution < -0.4 is 11.1 Å². The molecule has 0 bridgehead atoms. The van der Waals surface area contributed by atoms with E-state index in [-0.39, 0.29) is 18.1 Å². The summed E-state index contributed by atoms with van der Waals surface area (Å²) < 4.78 is 6.04. The molecule has 0 radical (unpaired) electrons. The van der Waals surface area contributed by atoms with Crippen molar-refractivity contribution in [1.82, 2.24) is 5.32 Å². The van der Waals surface area contributed by atoms with Crippen molar-refractivity contribution in [3.63, 3.8) is 0 Å². The standard InChI is InChI=1S/C16H18N2O/c1-18-15-12-9-5-6-10-13(12)19-16(15)14(17)11-7-3-2-4-8-11/h2-10,12-14,18H,17H2,1H3. The molecule has 0 spiro atoms. The highest BCUT2D eigenvalue weighted by atomic mass is 16.5. The van der Waals surface area contributed by atoms with Gasteiger partial charge in [0.15, 0.2) is 0 Å². The lowest BCUT2D eigenvalue weighted by atomic mass is 9.94. The molecule has 0 saturated carbocycles. The molecule has 3 nitrogen and oxygen atoms in total. The molecule has 1 aliphatic carbocycles. The molecule has 19 heavy (non-hydrogen) atoms. The summed E-state index contributed by atoms with van der Waals surface area (Å²) in [6.07, 6.45) is 8.37. The Morgan fingerprint density at radius 2 is 1.89 bits per heavy atom. The van der Waals surface area contributed by atoms with Crippen molar-refractivity contribution < 1.29 is 4.74 Å². The van der Waals surface area contributed by atoms with E-state index in [1.807, 2.05) is 43.5 Å². The monoisotopic (exact) mass is 254 g/mol. The zero-order valence-corrected chi connectivity index (χ0v) is 10.9. The number of nitrogens with one attached hydrogen (secondary N) is 1. The van der Waals surface area contributed by atoms with Crippen LogP contribution in [0.4, 0.5) is 0 Å². The molecule has 0 amide bonds. The Labute approximate surface area is 113 Å². The van der Waals surface area contributed by atoms with Crippen LogP contribution in [0.2, 0.25) is 0 Å². The third kappa shape index (κ3) is 2.06. The summed E-state index contributed by atoms with van der Waals surface area (Å²) in [4.78, 5) is 0. The van der Waals surface area contributed by atoms with Crippen LogP contribution >= 0.6 is 0 Å². The Balaban J connectivity index is 1.95. The van der Waals surface area contributed by atoms with E-state index in [1.54, 1.807) is 0 Å². The third-order valence-electron chi connectivity index (χ3n) is 3.66. The number of fused-ring (bicyclic) bond motifs is 1. The van der Waals surface area contributed by atoms with Crippen molar-refractivity contribution in [1.29, 1.82) is 0 Å². The maximum absolute atomic E-state index is 6.35. The third-order valence-corrected chi connectivity index (χ3v) is 3.66. The first kappa shape index (κ1) is 12.1. The van der Waals surface area contributed by atoms with E-state index in [2.05, 4.69) is 23.5 Å². The Hall–Kier alpha value is -2.00. The molecule has 1 aromatic carbocycles. The average Bonchev–Trinajstić information content (AvgIpc) is 2.85. The molecule has 3 N–H and O–H groups in total. The molecule has 3 atom stereocenters. The van der Waals surface area contributed by atoms with Crippen LogP contribution in [0.1, 0.15) is 11.6 Å². The minimum absolute atomic E-state index is 0.0669. The van der Waals surface area contributed by atoms with Gasteiger partial charge in [0.25, 0.3) is 0 Å². The molecule has 3 unspecified atom stereocenters. The van der Waals surface area contributed by atoms with Gasteiger partial charge in [-0.1, -0.05) is 48.6 Å². The topological polar surface area (TPSA) is 47.3 Å². The number of ether oxygens (including phenoxy) is 1. The SMILES string of the molecule is CNC1=C(C(N)c2ccccc2)OC2C=CC=CC12. The highest BCUT2D eigenvalue weighted by Gasteiger charge is 2.36. The smallest absolute Gasteiger partial charge is 0.138 e. The zero-order chi connectivity index (χ0) is 13.2. The van der Waals surface area contributed by atoms with Crippen LogP contribution in [0.15, 0.2) is 66.1 Å². The van der Waals surface area contributed by atoms with Gasteiger partial charge >= 0.3 is 0 Å². The fourth-order valence-corrected chi connectivity index (χ4v) is 2.68. The quantitative estimate of drug-likeness (QED) is 0.869. The molecule has 98 valence electrons. The summed E-state index contributed by atoms with van der Waals surface area (Å²) in [5.41, 5.74) is 8.50. The first-order chi connectivity index (χ1) is 9.31. The van der Waals surface area contributed by atoms with E-state index in [9.17, 15) is 0 Å². The molecule has 0 fully saturated rings. The second-order valence-electron chi connectivity index (χ2n) is 4.79. The average molecular weight is 254 g/mol. The predicted molar refractivity (Wildman–Crippen MR) is 76.1 cm³/mol. The summed E-state index contributed by atoms with van der Waals surface area (Å²) in [6.45, 7) is 0. The number of nitrogens with two attached hydrogens (primary N) is 1. The van der Waals surface area contributed by atoms with Gasteiger partial charge in [-0.2, -0.15) is 0 Å². The number of hydrogen-bond acceptors (Lipinski definition) is 3. The maximum atomic E-state index is 6.35. The molecule has 1 heterocycles. The van der Waals surface area contributed by atoms with Crippen molar-refractivity contribution in [3.8, 4) is 0 Å². The minimum atomic E-state index is -0.226. The van der Waals surface area contributed by atoms with E-state index in [4.69, 9.17) is 10.5 Å². The molecule has 1 aromatic rings. The van der Waals surface area contributed by atoms with Gasteiger partial charge in [0.1, 0.15) is 11.9 Å². The first-order valence-corrected chi connectivity index (χ1v) is 6.55. The van der Waals surface area contributed by atoms with Crippen LogP contribution in [0, 0.1) is 5.92 Å². The molecule has 0 saturated heterocycles. The minimum Gasteiger partial charge on any atom is -0.486 e. The Morgan fingerprint density at radius 3 is 2.63 bits per heavy atom. The molecular formula is C16H18N2O. The van der Waals surface area contributed by atoms with Gasteiger partial charge in [-0.15, -0.1) is 0 Å². The van der Waals surface area contributed by atoms with Gasteiger partial charge in [0.2, 0.25) is 0 Å². The van der Waals surface area contributed by atoms with Crippen molar-refractivity contribution in [3.05, 3.63) is 71.7 Å². The van der Waals surface area contributed by atoms with Gasteiger partial charge in [-0.3, -0.25) is 0 Å². The number of allylic oxidation sites excluding steroid dienone is 2. The zero-order valence-electron chi connectivity index (χ0n) is 10.9. The van der Waals surface area contributed by atoms with Crippen molar-refractivity contribution in [2.24, 2.45) is 11.7 Å². The molecule has 3 rings (SSSR count). The molecule has 1 aliphatic heterocycles. The van der Waals surface area contributed by atoms with E-state index in [1.165, 1.54) is 0 Å². The lowest BCUT2D eigenvalue weighted by molar-refractivity contribution is 0.151. The largest absolute Gasteiger partial charge is 0.486 e.